The van der Waals surface area contributed by atoms with Gasteiger partial charge in [0.1, 0.15) is 0 Å². The van der Waals surface area contributed by atoms with Gasteiger partial charge in [-0.05, 0) is 0 Å². The highest BCUT2D eigenvalue weighted by Crippen LogP contribution is 1.89. The number of amides is 1. The van der Waals surface area contributed by atoms with Crippen molar-refractivity contribution < 1.29 is 14.7 Å². The van der Waals surface area contributed by atoms with Crippen LogP contribution in [-0.2, 0) is 9.59 Å². The summed E-state index contributed by atoms with van der Waals surface area (Å²) in [5.74, 6) is -1.58. The minimum absolute atomic E-state index is 0.239. The summed E-state index contributed by atoms with van der Waals surface area (Å²) in [7, 11) is 1.51. The van der Waals surface area contributed by atoms with E-state index in [9.17, 15) is 9.59 Å². The molecular weight excluding hydrogens is 172 g/mol. The van der Waals surface area contributed by atoms with Gasteiger partial charge in [-0.25, -0.2) is 4.79 Å². The second-order valence-corrected chi connectivity index (χ2v) is 2.34. The van der Waals surface area contributed by atoms with Gasteiger partial charge < -0.3 is 10.0 Å². The largest absolute Gasteiger partial charge is 0.478 e. The van der Waals surface area contributed by atoms with Gasteiger partial charge in [-0.3, -0.25) is 4.79 Å². The predicted molar refractivity (Wildman–Crippen MR) is 44.6 cm³/mol. The molecule has 0 atom stereocenters. The fourth-order valence-corrected chi connectivity index (χ4v) is 0.598. The van der Waals surface area contributed by atoms with E-state index in [2.05, 4.69) is 0 Å². The summed E-state index contributed by atoms with van der Waals surface area (Å²) in [6.07, 6.45) is 1.97. The van der Waals surface area contributed by atoms with E-state index >= 15 is 0 Å². The molecule has 0 aromatic carbocycles. The highest BCUT2D eigenvalue weighted by Gasteiger charge is 2.03. The van der Waals surface area contributed by atoms with Gasteiger partial charge in [-0.1, -0.05) is 0 Å². The Morgan fingerprint density at radius 2 is 2.15 bits per heavy atom. The lowest BCUT2D eigenvalue weighted by Gasteiger charge is -2.11. The van der Waals surface area contributed by atoms with Crippen molar-refractivity contribution in [2.45, 2.75) is 6.42 Å². The van der Waals surface area contributed by atoms with Crippen LogP contribution in [0.15, 0.2) is 12.2 Å². The molecule has 0 aromatic rings. The SMILES string of the molecule is CN(CCC#N)C(=O)/C=C/C(=O)O. The lowest BCUT2D eigenvalue weighted by Crippen LogP contribution is -2.25. The highest BCUT2D eigenvalue weighted by atomic mass is 16.4. The first-order valence-corrected chi connectivity index (χ1v) is 3.61. The van der Waals surface area contributed by atoms with Gasteiger partial charge in [0.25, 0.3) is 0 Å². The maximum absolute atomic E-state index is 11.0. The smallest absolute Gasteiger partial charge is 0.328 e. The third-order valence-corrected chi connectivity index (χ3v) is 1.30. The highest BCUT2D eigenvalue weighted by molar-refractivity contribution is 5.93. The Hall–Kier alpha value is -1.83. The number of hydrogen-bond donors (Lipinski definition) is 1. The van der Waals surface area contributed by atoms with Crippen molar-refractivity contribution in [2.75, 3.05) is 13.6 Å². The van der Waals surface area contributed by atoms with Gasteiger partial charge in [-0.2, -0.15) is 5.26 Å². The van der Waals surface area contributed by atoms with Gasteiger partial charge in [0.05, 0.1) is 12.5 Å². The maximum Gasteiger partial charge on any atom is 0.328 e. The third-order valence-electron chi connectivity index (χ3n) is 1.30. The van der Waals surface area contributed by atoms with Crippen LogP contribution in [0, 0.1) is 11.3 Å². The quantitative estimate of drug-likeness (QED) is 0.620. The second kappa shape index (κ2) is 5.77. The Labute approximate surface area is 75.9 Å². The summed E-state index contributed by atoms with van der Waals surface area (Å²) < 4.78 is 0. The average molecular weight is 182 g/mol. The van der Waals surface area contributed by atoms with E-state index in [1.165, 1.54) is 11.9 Å². The summed E-state index contributed by atoms with van der Waals surface area (Å²) in [5, 5.41) is 16.4. The van der Waals surface area contributed by atoms with E-state index in [0.717, 1.165) is 12.2 Å². The summed E-state index contributed by atoms with van der Waals surface area (Å²) >= 11 is 0. The number of hydrogen-bond acceptors (Lipinski definition) is 3. The molecular formula is C8H10N2O3. The zero-order valence-corrected chi connectivity index (χ0v) is 7.23. The van der Waals surface area contributed by atoms with E-state index in [4.69, 9.17) is 10.4 Å². The first-order chi connectivity index (χ1) is 6.07. The second-order valence-electron chi connectivity index (χ2n) is 2.34. The van der Waals surface area contributed by atoms with Gasteiger partial charge in [-0.15, -0.1) is 0 Å². The van der Waals surface area contributed by atoms with Crippen LogP contribution in [0.2, 0.25) is 0 Å². The number of carboxylic acid groups (broad SMARTS) is 1. The van der Waals surface area contributed by atoms with Crippen molar-refractivity contribution in [3.63, 3.8) is 0 Å². The zero-order valence-electron chi connectivity index (χ0n) is 7.23. The summed E-state index contributed by atoms with van der Waals surface area (Å²) in [4.78, 5) is 22.3. The predicted octanol–water partition coefficient (Wildman–Crippen LogP) is -0.000720. The van der Waals surface area contributed by atoms with Crippen molar-refractivity contribution >= 4 is 11.9 Å². The van der Waals surface area contributed by atoms with Gasteiger partial charge in [0.2, 0.25) is 5.91 Å². The lowest BCUT2D eigenvalue weighted by atomic mass is 10.4. The molecule has 0 aromatic heterocycles. The molecule has 0 heterocycles. The van der Waals surface area contributed by atoms with Gasteiger partial charge >= 0.3 is 5.97 Å². The zero-order chi connectivity index (χ0) is 10.3. The molecule has 0 rings (SSSR count). The Morgan fingerprint density at radius 1 is 1.54 bits per heavy atom. The molecule has 70 valence electrons. The first kappa shape index (κ1) is 11.2. The summed E-state index contributed by atoms with van der Waals surface area (Å²) in [6, 6.07) is 1.88. The van der Waals surface area contributed by atoms with Crippen LogP contribution < -0.4 is 0 Å². The Kier molecular flexibility index (Phi) is 4.96. The van der Waals surface area contributed by atoms with Crippen LogP contribution in [0.5, 0.6) is 0 Å². The normalized spacial score (nSPS) is 9.54. The van der Waals surface area contributed by atoms with Crippen LogP contribution >= 0.6 is 0 Å². The summed E-state index contributed by atoms with van der Waals surface area (Å²) in [5.41, 5.74) is 0. The standard InChI is InChI=1S/C8H10N2O3/c1-10(6-2-5-9)7(11)3-4-8(12)13/h3-4H,2,6H2,1H3,(H,12,13)/b4-3+. The number of carbonyl (C=O) groups excluding carboxylic acids is 1. The average Bonchev–Trinajstić information content (AvgIpc) is 2.10. The third kappa shape index (κ3) is 5.44. The topological polar surface area (TPSA) is 81.4 Å². The Morgan fingerprint density at radius 3 is 2.62 bits per heavy atom. The van der Waals surface area contributed by atoms with E-state index < -0.39 is 11.9 Å². The monoisotopic (exact) mass is 182 g/mol. The van der Waals surface area contributed by atoms with Gasteiger partial charge in [0, 0.05) is 25.7 Å². The molecule has 0 bridgehead atoms. The van der Waals surface area contributed by atoms with Crippen LogP contribution in [0.25, 0.3) is 0 Å². The van der Waals surface area contributed by atoms with Crippen LogP contribution in [0.1, 0.15) is 6.42 Å². The van der Waals surface area contributed by atoms with Crippen molar-refractivity contribution in [2.24, 2.45) is 0 Å². The molecule has 0 aliphatic carbocycles. The van der Waals surface area contributed by atoms with Crippen molar-refractivity contribution in [1.82, 2.24) is 4.90 Å². The van der Waals surface area contributed by atoms with E-state index in [-0.39, 0.29) is 6.42 Å². The molecule has 1 N–H and O–H groups in total. The Balaban J connectivity index is 3.97. The number of carbonyl (C=O) groups is 2. The molecule has 13 heavy (non-hydrogen) atoms. The van der Waals surface area contributed by atoms with Crippen molar-refractivity contribution in [3.8, 4) is 6.07 Å². The van der Waals surface area contributed by atoms with Crippen molar-refractivity contribution in [1.29, 1.82) is 5.26 Å². The molecule has 0 fully saturated rings. The van der Waals surface area contributed by atoms with Crippen molar-refractivity contribution in [3.05, 3.63) is 12.2 Å². The fourth-order valence-electron chi connectivity index (χ4n) is 0.598. The number of aliphatic carboxylic acids is 1. The molecule has 0 radical (unpaired) electrons. The molecule has 5 heteroatoms. The molecule has 1 amide bonds. The van der Waals surface area contributed by atoms with Gasteiger partial charge in [0.15, 0.2) is 0 Å². The summed E-state index contributed by atoms with van der Waals surface area (Å²) in [6.45, 7) is 0.305. The number of likely N-dealkylation sites (N-methyl/N-ethyl adjacent to an activating group) is 1. The number of nitrogens with zero attached hydrogens (tertiary/aromatic N) is 2. The lowest BCUT2D eigenvalue weighted by molar-refractivity contribution is -0.132. The molecule has 0 saturated heterocycles. The Bertz CT molecular complexity index is 265. The number of carboxylic acids is 1. The van der Waals surface area contributed by atoms with Crippen LogP contribution in [-0.4, -0.2) is 35.5 Å². The molecule has 0 unspecified atom stereocenters. The molecule has 5 nitrogen and oxygen atoms in total. The minimum atomic E-state index is -1.16. The fraction of sp³-hybridized carbons (Fsp3) is 0.375. The van der Waals surface area contributed by atoms with E-state index in [0.29, 0.717) is 6.54 Å². The molecule has 0 saturated carbocycles. The molecule has 0 aliphatic rings. The maximum atomic E-state index is 11.0. The number of nitriles is 1. The van der Waals surface area contributed by atoms with E-state index in [1.807, 2.05) is 6.07 Å². The molecule has 0 spiro atoms. The molecule has 0 aliphatic heterocycles. The first-order valence-electron chi connectivity index (χ1n) is 3.61. The van der Waals surface area contributed by atoms with Crippen LogP contribution in [0.4, 0.5) is 0 Å². The van der Waals surface area contributed by atoms with Crippen LogP contribution in [0.3, 0.4) is 0 Å². The number of rotatable bonds is 4. The van der Waals surface area contributed by atoms with E-state index in [1.54, 1.807) is 0 Å². The minimum Gasteiger partial charge on any atom is -0.478 e.